The fraction of sp³-hybridized carbons (Fsp3) is 0.895. The highest BCUT2D eigenvalue weighted by atomic mass is 35.5. The smallest absolute Gasteiger partial charge is 0.236 e. The van der Waals surface area contributed by atoms with Gasteiger partial charge in [0.2, 0.25) is 11.8 Å². The molecule has 3 saturated heterocycles. The molecule has 0 aromatic rings. The maximum atomic E-state index is 12.6. The van der Waals surface area contributed by atoms with Crippen molar-refractivity contribution in [3.8, 4) is 0 Å². The van der Waals surface area contributed by atoms with Gasteiger partial charge in [0, 0.05) is 45.7 Å². The van der Waals surface area contributed by atoms with Crippen molar-refractivity contribution >= 4 is 36.6 Å². The number of rotatable bonds is 5. The molecule has 2 unspecified atom stereocenters. The minimum absolute atomic E-state index is 0. The van der Waals surface area contributed by atoms with E-state index in [1.807, 2.05) is 9.80 Å². The minimum atomic E-state index is 0. The Hall–Kier alpha value is -0.600. The predicted molar refractivity (Wildman–Crippen MR) is 114 cm³/mol. The van der Waals surface area contributed by atoms with Crippen LogP contribution in [0.3, 0.4) is 0 Å². The first kappa shape index (κ1) is 25.4. The lowest BCUT2D eigenvalue weighted by molar-refractivity contribution is -0.138. The van der Waals surface area contributed by atoms with Crippen LogP contribution in [0, 0.1) is 11.8 Å². The Labute approximate surface area is 181 Å². The molecule has 0 radical (unpaired) electrons. The van der Waals surface area contributed by atoms with Gasteiger partial charge in [-0.1, -0.05) is 6.92 Å². The predicted octanol–water partition coefficient (Wildman–Crippen LogP) is 0.859. The Bertz CT molecular complexity index is 478. The largest absolute Gasteiger partial charge is 0.378 e. The number of halogens is 2. The van der Waals surface area contributed by atoms with Gasteiger partial charge in [0.25, 0.3) is 0 Å². The van der Waals surface area contributed by atoms with E-state index >= 15 is 0 Å². The third-order valence-corrected chi connectivity index (χ3v) is 6.08. The molecule has 1 N–H and O–H groups in total. The molecule has 7 nitrogen and oxygen atoms in total. The van der Waals surface area contributed by atoms with Crippen LogP contribution in [-0.4, -0.2) is 98.6 Å². The van der Waals surface area contributed by atoms with Crippen molar-refractivity contribution in [3.05, 3.63) is 0 Å². The Morgan fingerprint density at radius 1 is 1.00 bits per heavy atom. The summed E-state index contributed by atoms with van der Waals surface area (Å²) in [6.45, 7) is 10.6. The molecule has 3 fully saturated rings. The molecule has 0 aliphatic carbocycles. The van der Waals surface area contributed by atoms with Crippen LogP contribution >= 0.6 is 24.8 Å². The van der Waals surface area contributed by atoms with Crippen LogP contribution in [0.15, 0.2) is 0 Å². The van der Waals surface area contributed by atoms with Crippen molar-refractivity contribution in [1.29, 1.82) is 0 Å². The summed E-state index contributed by atoms with van der Waals surface area (Å²) in [6.07, 6.45) is 3.11. The number of nitrogens with one attached hydrogen (secondary N) is 1. The van der Waals surface area contributed by atoms with Gasteiger partial charge in [0.15, 0.2) is 0 Å². The quantitative estimate of drug-likeness (QED) is 0.689. The molecule has 0 aromatic carbocycles. The Morgan fingerprint density at radius 3 is 2.25 bits per heavy atom. The average molecular weight is 439 g/mol. The van der Waals surface area contributed by atoms with Gasteiger partial charge in [-0.3, -0.25) is 14.5 Å². The number of hydrogen-bond donors (Lipinski definition) is 1. The van der Waals surface area contributed by atoms with E-state index in [4.69, 9.17) is 4.74 Å². The van der Waals surface area contributed by atoms with Gasteiger partial charge < -0.3 is 19.9 Å². The number of amides is 2. The van der Waals surface area contributed by atoms with Crippen molar-refractivity contribution in [1.82, 2.24) is 20.0 Å². The molecule has 0 spiro atoms. The van der Waals surface area contributed by atoms with Gasteiger partial charge in [-0.15, -0.1) is 24.8 Å². The highest BCUT2D eigenvalue weighted by Gasteiger charge is 2.27. The van der Waals surface area contributed by atoms with Crippen molar-refractivity contribution in [2.45, 2.75) is 26.2 Å². The van der Waals surface area contributed by atoms with E-state index in [1.165, 1.54) is 12.8 Å². The minimum Gasteiger partial charge on any atom is -0.378 e. The van der Waals surface area contributed by atoms with Crippen LogP contribution in [0.2, 0.25) is 0 Å². The van der Waals surface area contributed by atoms with Gasteiger partial charge in [-0.25, -0.2) is 0 Å². The molecule has 3 rings (SSSR count). The van der Waals surface area contributed by atoms with E-state index in [9.17, 15) is 9.59 Å². The average Bonchev–Trinajstić information content (AvgIpc) is 2.69. The summed E-state index contributed by atoms with van der Waals surface area (Å²) in [5, 5.41) is 3.44. The molecule has 28 heavy (non-hydrogen) atoms. The first-order chi connectivity index (χ1) is 12.6. The second kappa shape index (κ2) is 12.9. The molecule has 2 atom stereocenters. The monoisotopic (exact) mass is 438 g/mol. The van der Waals surface area contributed by atoms with Gasteiger partial charge in [0.1, 0.15) is 0 Å². The summed E-state index contributed by atoms with van der Waals surface area (Å²) in [7, 11) is 0. The number of carbonyl (C=O) groups is 2. The van der Waals surface area contributed by atoms with Crippen molar-refractivity contribution < 1.29 is 14.3 Å². The summed E-state index contributed by atoms with van der Waals surface area (Å²) in [4.78, 5) is 31.0. The number of piperazine rings is 1. The van der Waals surface area contributed by atoms with E-state index < -0.39 is 0 Å². The summed E-state index contributed by atoms with van der Waals surface area (Å²) >= 11 is 0. The van der Waals surface area contributed by atoms with Gasteiger partial charge in [0.05, 0.1) is 19.8 Å². The highest BCUT2D eigenvalue weighted by molar-refractivity contribution is 5.85. The standard InChI is InChI=1S/C19H34N4O3.2ClH/c1-16(17-3-2-4-20-14-17)13-18(24)22-7-5-21(6-8-22)15-19(25)23-9-11-26-12-10-23;;/h16-17,20H,2-15H2,1H3;2*1H. The van der Waals surface area contributed by atoms with Crippen LogP contribution in [0.25, 0.3) is 0 Å². The molecule has 3 aliphatic heterocycles. The SMILES string of the molecule is CC(CC(=O)N1CCN(CC(=O)N2CCOCC2)CC1)C1CCCNC1.Cl.Cl. The lowest BCUT2D eigenvalue weighted by atomic mass is 9.85. The topological polar surface area (TPSA) is 65.1 Å². The van der Waals surface area contributed by atoms with Crippen molar-refractivity contribution in [2.24, 2.45) is 11.8 Å². The number of carbonyl (C=O) groups excluding carboxylic acids is 2. The molecule has 2 amide bonds. The maximum absolute atomic E-state index is 12.6. The lowest BCUT2D eigenvalue weighted by Gasteiger charge is -2.37. The highest BCUT2D eigenvalue weighted by Crippen LogP contribution is 2.23. The first-order valence-corrected chi connectivity index (χ1v) is 10.2. The second-order valence-electron chi connectivity index (χ2n) is 7.94. The molecule has 0 saturated carbocycles. The van der Waals surface area contributed by atoms with Crippen LogP contribution in [0.4, 0.5) is 0 Å². The zero-order valence-electron chi connectivity index (χ0n) is 16.9. The third-order valence-electron chi connectivity index (χ3n) is 6.08. The molecule has 164 valence electrons. The summed E-state index contributed by atoms with van der Waals surface area (Å²) < 4.78 is 5.30. The fourth-order valence-corrected chi connectivity index (χ4v) is 4.20. The van der Waals surface area contributed by atoms with Gasteiger partial charge in [-0.2, -0.15) is 0 Å². The summed E-state index contributed by atoms with van der Waals surface area (Å²) in [5.74, 6) is 1.53. The van der Waals surface area contributed by atoms with Crippen molar-refractivity contribution in [3.63, 3.8) is 0 Å². The molecule has 9 heteroatoms. The maximum Gasteiger partial charge on any atom is 0.236 e. The van der Waals surface area contributed by atoms with E-state index in [2.05, 4.69) is 17.1 Å². The number of nitrogens with zero attached hydrogens (tertiary/aromatic N) is 3. The first-order valence-electron chi connectivity index (χ1n) is 10.2. The Balaban J connectivity index is 0.00000196. The van der Waals surface area contributed by atoms with E-state index in [1.54, 1.807) is 0 Å². The summed E-state index contributed by atoms with van der Waals surface area (Å²) in [5.41, 5.74) is 0. The molecular weight excluding hydrogens is 403 g/mol. The molecule has 3 heterocycles. The number of ether oxygens (including phenoxy) is 1. The number of piperidine rings is 1. The number of hydrogen-bond acceptors (Lipinski definition) is 5. The van der Waals surface area contributed by atoms with Crippen LogP contribution in [-0.2, 0) is 14.3 Å². The Kier molecular flexibility index (Phi) is 11.7. The summed E-state index contributed by atoms with van der Waals surface area (Å²) in [6, 6.07) is 0. The molecular formula is C19H36Cl2N4O3. The lowest BCUT2D eigenvalue weighted by Crippen LogP contribution is -2.53. The molecule has 3 aliphatic rings. The number of morpholine rings is 1. The normalized spacial score (nSPS) is 24.7. The van der Waals surface area contributed by atoms with Gasteiger partial charge in [-0.05, 0) is 37.8 Å². The fourth-order valence-electron chi connectivity index (χ4n) is 4.20. The molecule has 0 aromatic heterocycles. The van der Waals surface area contributed by atoms with E-state index in [0.29, 0.717) is 51.1 Å². The van der Waals surface area contributed by atoms with Crippen LogP contribution in [0.1, 0.15) is 26.2 Å². The van der Waals surface area contributed by atoms with Crippen LogP contribution in [0.5, 0.6) is 0 Å². The zero-order valence-corrected chi connectivity index (χ0v) is 18.6. The van der Waals surface area contributed by atoms with Gasteiger partial charge >= 0.3 is 0 Å². The van der Waals surface area contributed by atoms with Crippen LogP contribution < -0.4 is 5.32 Å². The second-order valence-corrected chi connectivity index (χ2v) is 7.94. The van der Waals surface area contributed by atoms with E-state index in [-0.39, 0.29) is 36.6 Å². The Morgan fingerprint density at radius 2 is 1.64 bits per heavy atom. The zero-order chi connectivity index (χ0) is 18.4. The van der Waals surface area contributed by atoms with E-state index in [0.717, 1.165) is 39.3 Å². The molecule has 0 bridgehead atoms. The third kappa shape index (κ3) is 7.34. The van der Waals surface area contributed by atoms with Crippen molar-refractivity contribution in [2.75, 3.05) is 72.1 Å².